The molecule has 0 spiro atoms. The number of hydrogen-bond donors (Lipinski definition) is 1. The highest BCUT2D eigenvalue weighted by Crippen LogP contribution is 2.31. The first-order valence-electron chi connectivity index (χ1n) is 7.01. The normalized spacial score (nSPS) is 12.3. The molecule has 0 aliphatic carbocycles. The molecular formula is C17H18F3N3. The maximum Gasteiger partial charge on any atom is 0.416 e. The number of hydrogen-bond acceptors (Lipinski definition) is 3. The molecule has 2 aromatic rings. The summed E-state index contributed by atoms with van der Waals surface area (Å²) in [4.78, 5) is 0. The van der Waals surface area contributed by atoms with Crippen LogP contribution in [0.25, 0.3) is 0 Å². The average Bonchev–Trinajstić information content (AvgIpc) is 2.48. The molecule has 0 aromatic heterocycles. The predicted molar refractivity (Wildman–Crippen MR) is 87.6 cm³/mol. The van der Waals surface area contributed by atoms with Crippen LogP contribution in [0.1, 0.15) is 23.6 Å². The molecule has 0 radical (unpaired) electrons. The van der Waals surface area contributed by atoms with Crippen molar-refractivity contribution >= 4 is 17.1 Å². The Morgan fingerprint density at radius 1 is 1.13 bits per heavy atom. The zero-order valence-electron chi connectivity index (χ0n) is 13.1. The van der Waals surface area contributed by atoms with E-state index in [1.165, 1.54) is 11.1 Å². The van der Waals surface area contributed by atoms with Gasteiger partial charge in [0.2, 0.25) is 0 Å². The fourth-order valence-electron chi connectivity index (χ4n) is 2.20. The van der Waals surface area contributed by atoms with Gasteiger partial charge in [0.25, 0.3) is 0 Å². The summed E-state index contributed by atoms with van der Waals surface area (Å²) in [5.74, 6) is 0. The van der Waals surface area contributed by atoms with Crippen LogP contribution in [-0.4, -0.2) is 12.8 Å². The lowest BCUT2D eigenvalue weighted by Crippen LogP contribution is -2.14. The van der Waals surface area contributed by atoms with E-state index in [2.05, 4.69) is 5.10 Å². The molecule has 0 aliphatic rings. The molecule has 0 atom stereocenters. The number of nitrogen functional groups attached to an aromatic ring is 1. The summed E-state index contributed by atoms with van der Waals surface area (Å²) in [5.41, 5.74) is 8.60. The van der Waals surface area contributed by atoms with Crippen LogP contribution < -0.4 is 10.7 Å². The highest BCUT2D eigenvalue weighted by molar-refractivity contribution is 6.03. The minimum absolute atomic E-state index is 0.352. The van der Waals surface area contributed by atoms with E-state index in [1.54, 1.807) is 26.1 Å². The van der Waals surface area contributed by atoms with E-state index < -0.39 is 11.7 Å². The average molecular weight is 321 g/mol. The Morgan fingerprint density at radius 2 is 1.83 bits per heavy atom. The summed E-state index contributed by atoms with van der Waals surface area (Å²) in [6.45, 7) is 3.71. The Labute approximate surface area is 133 Å². The first-order chi connectivity index (χ1) is 10.7. The van der Waals surface area contributed by atoms with Gasteiger partial charge in [-0.1, -0.05) is 17.7 Å². The van der Waals surface area contributed by atoms with Crippen LogP contribution in [0.3, 0.4) is 0 Å². The summed E-state index contributed by atoms with van der Waals surface area (Å²) >= 11 is 0. The maximum absolute atomic E-state index is 12.8. The Balaban J connectivity index is 2.34. The second-order valence-electron chi connectivity index (χ2n) is 5.35. The Bertz CT molecular complexity index is 736. The monoisotopic (exact) mass is 321 g/mol. The number of nitrogens with two attached hydrogens (primary N) is 1. The number of hydrazone groups is 1. The Morgan fingerprint density at radius 3 is 2.48 bits per heavy atom. The summed E-state index contributed by atoms with van der Waals surface area (Å²) in [7, 11) is 1.60. The largest absolute Gasteiger partial charge is 0.416 e. The minimum atomic E-state index is -4.38. The van der Waals surface area contributed by atoms with Crippen molar-refractivity contribution in [3.63, 3.8) is 0 Å². The van der Waals surface area contributed by atoms with E-state index >= 15 is 0 Å². The highest BCUT2D eigenvalue weighted by Gasteiger charge is 2.30. The van der Waals surface area contributed by atoms with Crippen LogP contribution in [0, 0.1) is 6.92 Å². The van der Waals surface area contributed by atoms with Gasteiger partial charge < -0.3 is 5.73 Å². The first kappa shape index (κ1) is 16.9. The van der Waals surface area contributed by atoms with E-state index in [0.717, 1.165) is 23.3 Å². The lowest BCUT2D eigenvalue weighted by molar-refractivity contribution is -0.137. The minimum Gasteiger partial charge on any atom is -0.398 e. The molecule has 0 unspecified atom stereocenters. The number of benzene rings is 2. The third kappa shape index (κ3) is 4.03. The van der Waals surface area contributed by atoms with Gasteiger partial charge >= 0.3 is 6.18 Å². The van der Waals surface area contributed by atoms with Crippen molar-refractivity contribution in [2.24, 2.45) is 5.10 Å². The molecule has 0 aliphatic heterocycles. The van der Waals surface area contributed by atoms with E-state index in [4.69, 9.17) is 5.73 Å². The molecule has 0 fully saturated rings. The van der Waals surface area contributed by atoms with Crippen LogP contribution in [0.4, 0.5) is 24.5 Å². The molecule has 2 N–H and O–H groups in total. The number of alkyl halides is 3. The molecule has 2 rings (SSSR count). The van der Waals surface area contributed by atoms with Crippen LogP contribution >= 0.6 is 0 Å². The fraction of sp³-hybridized carbons (Fsp3) is 0.235. The molecule has 0 saturated heterocycles. The van der Waals surface area contributed by atoms with E-state index in [-0.39, 0.29) is 0 Å². The van der Waals surface area contributed by atoms with Gasteiger partial charge in [0.05, 0.1) is 17.0 Å². The number of rotatable bonds is 3. The molecule has 0 heterocycles. The number of halogens is 3. The molecular weight excluding hydrogens is 303 g/mol. The zero-order chi connectivity index (χ0) is 17.2. The summed E-state index contributed by atoms with van der Waals surface area (Å²) in [6.07, 6.45) is -4.38. The van der Waals surface area contributed by atoms with Gasteiger partial charge in [-0.15, -0.1) is 0 Å². The highest BCUT2D eigenvalue weighted by atomic mass is 19.4. The second kappa shape index (κ2) is 6.32. The summed E-state index contributed by atoms with van der Waals surface area (Å²) in [5, 5.41) is 5.75. The Kier molecular flexibility index (Phi) is 4.63. The van der Waals surface area contributed by atoms with E-state index in [1.807, 2.05) is 19.1 Å². The molecule has 0 amide bonds. The SMILES string of the molecule is C/C(=N\N(C)c1cccc(C(F)(F)F)c1)c1cc(C)ccc1N. The van der Waals surface area contributed by atoms with Crippen LogP contribution in [0.2, 0.25) is 0 Å². The number of aryl methyl sites for hydroxylation is 1. The molecule has 23 heavy (non-hydrogen) atoms. The van der Waals surface area contributed by atoms with Crippen LogP contribution in [-0.2, 0) is 6.18 Å². The topological polar surface area (TPSA) is 41.6 Å². The smallest absolute Gasteiger partial charge is 0.398 e. The number of nitrogens with zero attached hydrogens (tertiary/aromatic N) is 2. The summed E-state index contributed by atoms with van der Waals surface area (Å²) < 4.78 is 38.4. The van der Waals surface area contributed by atoms with Crippen molar-refractivity contribution in [3.8, 4) is 0 Å². The van der Waals surface area contributed by atoms with Crippen molar-refractivity contribution < 1.29 is 13.2 Å². The van der Waals surface area contributed by atoms with Gasteiger partial charge in [-0.3, -0.25) is 5.01 Å². The number of anilines is 2. The van der Waals surface area contributed by atoms with Gasteiger partial charge in [-0.25, -0.2) is 0 Å². The van der Waals surface area contributed by atoms with Gasteiger partial charge in [0.15, 0.2) is 0 Å². The van der Waals surface area contributed by atoms with E-state index in [9.17, 15) is 13.2 Å². The lowest BCUT2D eigenvalue weighted by atomic mass is 10.1. The standard InChI is InChI=1S/C17H18F3N3/c1-11-7-8-16(21)15(9-11)12(2)22-23(3)14-6-4-5-13(10-14)17(18,19)20/h4-10H,21H2,1-3H3/b22-12+. The van der Waals surface area contributed by atoms with Crippen molar-refractivity contribution in [2.45, 2.75) is 20.0 Å². The third-order valence-electron chi connectivity index (χ3n) is 3.45. The summed E-state index contributed by atoms with van der Waals surface area (Å²) in [6, 6.07) is 10.6. The predicted octanol–water partition coefficient (Wildman–Crippen LogP) is 4.46. The van der Waals surface area contributed by atoms with Gasteiger partial charge in [-0.05, 0) is 44.2 Å². The van der Waals surface area contributed by atoms with Crippen molar-refractivity contribution in [1.82, 2.24) is 0 Å². The fourth-order valence-corrected chi connectivity index (χ4v) is 2.20. The quantitative estimate of drug-likeness (QED) is 0.515. The van der Waals surface area contributed by atoms with Gasteiger partial charge in [-0.2, -0.15) is 18.3 Å². The second-order valence-corrected chi connectivity index (χ2v) is 5.35. The molecule has 122 valence electrons. The molecule has 0 saturated carbocycles. The maximum atomic E-state index is 12.8. The Hall–Kier alpha value is -2.50. The van der Waals surface area contributed by atoms with Crippen LogP contribution in [0.5, 0.6) is 0 Å². The third-order valence-corrected chi connectivity index (χ3v) is 3.45. The lowest BCUT2D eigenvalue weighted by Gasteiger charge is -2.17. The van der Waals surface area contributed by atoms with Crippen LogP contribution in [0.15, 0.2) is 47.6 Å². The molecule has 6 heteroatoms. The molecule has 2 aromatic carbocycles. The molecule has 3 nitrogen and oxygen atoms in total. The zero-order valence-corrected chi connectivity index (χ0v) is 13.1. The molecule has 0 bridgehead atoms. The van der Waals surface area contributed by atoms with Gasteiger partial charge in [0, 0.05) is 18.3 Å². The van der Waals surface area contributed by atoms with Gasteiger partial charge in [0.1, 0.15) is 0 Å². The van der Waals surface area contributed by atoms with Crippen molar-refractivity contribution in [1.29, 1.82) is 0 Å². The van der Waals surface area contributed by atoms with Crippen molar-refractivity contribution in [3.05, 3.63) is 59.2 Å². The first-order valence-corrected chi connectivity index (χ1v) is 7.01. The van der Waals surface area contributed by atoms with Crippen molar-refractivity contribution in [2.75, 3.05) is 17.8 Å². The van der Waals surface area contributed by atoms with E-state index in [0.29, 0.717) is 17.1 Å².